The minimum Gasteiger partial charge on any atom is -0.495 e. The van der Waals surface area contributed by atoms with E-state index in [0.717, 1.165) is 5.56 Å². The number of hydrogen-bond acceptors (Lipinski definition) is 6. The van der Waals surface area contributed by atoms with Crippen LogP contribution in [0.5, 0.6) is 5.75 Å². The average Bonchev–Trinajstić information content (AvgIpc) is 2.62. The summed E-state index contributed by atoms with van der Waals surface area (Å²) in [5, 5.41) is 6.57. The molecular formula is C18H21N3O5. The Labute approximate surface area is 150 Å². The predicted octanol–water partition coefficient (Wildman–Crippen LogP) is 1.77. The van der Waals surface area contributed by atoms with Gasteiger partial charge in [0.25, 0.3) is 11.5 Å². The lowest BCUT2D eigenvalue weighted by atomic mass is 10.2. The van der Waals surface area contributed by atoms with E-state index in [0.29, 0.717) is 24.4 Å². The Balaban J connectivity index is 1.99. The molecule has 0 aliphatic heterocycles. The van der Waals surface area contributed by atoms with Gasteiger partial charge in [-0.25, -0.2) is 9.48 Å². The first-order valence-corrected chi connectivity index (χ1v) is 8.14. The number of amides is 1. The SMILES string of the molecule is CCCn1nc(C(=O)OCC(=O)Nc2cc(C)ccc2OC)ccc1=O. The maximum absolute atomic E-state index is 12.0. The van der Waals surface area contributed by atoms with Crippen molar-refractivity contribution in [1.82, 2.24) is 9.78 Å². The smallest absolute Gasteiger partial charge is 0.359 e. The van der Waals surface area contributed by atoms with Gasteiger partial charge in [-0.2, -0.15) is 5.10 Å². The quantitative estimate of drug-likeness (QED) is 0.756. The fourth-order valence-corrected chi connectivity index (χ4v) is 2.24. The number of nitrogens with one attached hydrogen (secondary N) is 1. The van der Waals surface area contributed by atoms with Crippen LogP contribution in [-0.4, -0.2) is 35.4 Å². The van der Waals surface area contributed by atoms with Crippen LogP contribution < -0.4 is 15.6 Å². The predicted molar refractivity (Wildman–Crippen MR) is 95.4 cm³/mol. The van der Waals surface area contributed by atoms with Crippen LogP contribution in [0.25, 0.3) is 0 Å². The van der Waals surface area contributed by atoms with Gasteiger partial charge in [-0.3, -0.25) is 9.59 Å². The maximum atomic E-state index is 12.0. The van der Waals surface area contributed by atoms with Gasteiger partial charge in [-0.05, 0) is 37.1 Å². The van der Waals surface area contributed by atoms with Crippen LogP contribution in [0.3, 0.4) is 0 Å². The maximum Gasteiger partial charge on any atom is 0.359 e. The number of aryl methyl sites for hydroxylation is 2. The molecule has 8 heteroatoms. The van der Waals surface area contributed by atoms with E-state index in [1.165, 1.54) is 23.9 Å². The molecule has 8 nitrogen and oxygen atoms in total. The van der Waals surface area contributed by atoms with Gasteiger partial charge in [0.15, 0.2) is 12.3 Å². The molecule has 0 aliphatic carbocycles. The lowest BCUT2D eigenvalue weighted by molar-refractivity contribution is -0.119. The summed E-state index contributed by atoms with van der Waals surface area (Å²) in [6.45, 7) is 3.69. The summed E-state index contributed by atoms with van der Waals surface area (Å²) >= 11 is 0. The highest BCUT2D eigenvalue weighted by molar-refractivity contribution is 5.95. The summed E-state index contributed by atoms with van der Waals surface area (Å²) in [5.41, 5.74) is 1.11. The number of carbonyl (C=O) groups is 2. The van der Waals surface area contributed by atoms with Crippen LogP contribution in [0.4, 0.5) is 5.69 Å². The summed E-state index contributed by atoms with van der Waals surface area (Å²) in [6.07, 6.45) is 0.701. The van der Waals surface area contributed by atoms with Gasteiger partial charge in [0.1, 0.15) is 5.75 Å². The molecule has 138 valence electrons. The topological polar surface area (TPSA) is 99.5 Å². The van der Waals surface area contributed by atoms with Gasteiger partial charge in [0.2, 0.25) is 0 Å². The van der Waals surface area contributed by atoms with Gasteiger partial charge in [-0.1, -0.05) is 13.0 Å². The molecule has 0 bridgehead atoms. The number of aromatic nitrogens is 2. The highest BCUT2D eigenvalue weighted by Crippen LogP contribution is 2.24. The lowest BCUT2D eigenvalue weighted by Crippen LogP contribution is -2.26. The van der Waals surface area contributed by atoms with Crippen LogP contribution in [0.15, 0.2) is 35.1 Å². The summed E-state index contributed by atoms with van der Waals surface area (Å²) in [4.78, 5) is 35.7. The molecular weight excluding hydrogens is 338 g/mol. The van der Waals surface area contributed by atoms with Crippen molar-refractivity contribution in [3.05, 3.63) is 51.9 Å². The number of ether oxygens (including phenoxy) is 2. The first kappa shape index (κ1) is 19.2. The van der Waals surface area contributed by atoms with Gasteiger partial charge in [0, 0.05) is 12.6 Å². The second kappa shape index (κ2) is 8.80. The van der Waals surface area contributed by atoms with Gasteiger partial charge >= 0.3 is 5.97 Å². The highest BCUT2D eigenvalue weighted by Gasteiger charge is 2.14. The Morgan fingerprint density at radius 2 is 2.00 bits per heavy atom. The van der Waals surface area contributed by atoms with Crippen molar-refractivity contribution in [1.29, 1.82) is 0 Å². The Kier molecular flexibility index (Phi) is 6.48. The summed E-state index contributed by atoms with van der Waals surface area (Å²) in [7, 11) is 1.50. The number of hydrogen-bond donors (Lipinski definition) is 1. The minimum absolute atomic E-state index is 0.0287. The zero-order valence-electron chi connectivity index (χ0n) is 14.9. The lowest BCUT2D eigenvalue weighted by Gasteiger charge is -2.11. The number of rotatable bonds is 7. The molecule has 1 amide bonds. The average molecular weight is 359 g/mol. The molecule has 0 atom stereocenters. The Morgan fingerprint density at radius 3 is 2.69 bits per heavy atom. The monoisotopic (exact) mass is 359 g/mol. The molecule has 1 aromatic heterocycles. The van der Waals surface area contributed by atoms with E-state index in [1.807, 2.05) is 19.9 Å². The van der Waals surface area contributed by atoms with Crippen LogP contribution in [0.1, 0.15) is 29.4 Å². The van der Waals surface area contributed by atoms with E-state index in [2.05, 4.69) is 10.4 Å². The number of nitrogens with zero attached hydrogens (tertiary/aromatic N) is 2. The molecule has 0 aliphatic rings. The number of benzene rings is 1. The molecule has 0 fully saturated rings. The van der Waals surface area contributed by atoms with Crippen molar-refractivity contribution >= 4 is 17.6 Å². The number of carbonyl (C=O) groups excluding carboxylic acids is 2. The Hall–Kier alpha value is -3.16. The van der Waals surface area contributed by atoms with Crippen molar-refractivity contribution in [2.75, 3.05) is 19.0 Å². The molecule has 0 spiro atoms. The Morgan fingerprint density at radius 1 is 1.23 bits per heavy atom. The van der Waals surface area contributed by atoms with Gasteiger partial charge < -0.3 is 14.8 Å². The normalized spacial score (nSPS) is 10.3. The zero-order valence-corrected chi connectivity index (χ0v) is 14.9. The summed E-state index contributed by atoms with van der Waals surface area (Å²) in [6, 6.07) is 7.86. The molecule has 2 aromatic rings. The number of anilines is 1. The van der Waals surface area contributed by atoms with Crippen molar-refractivity contribution in [3.63, 3.8) is 0 Å². The first-order chi connectivity index (χ1) is 12.4. The standard InChI is InChI=1S/C18H21N3O5/c1-4-9-21-17(23)8-6-13(20-21)18(24)26-11-16(22)19-14-10-12(2)5-7-15(14)25-3/h5-8,10H,4,9,11H2,1-3H3,(H,19,22). The number of methoxy groups -OCH3 is 1. The molecule has 2 rings (SSSR count). The van der Waals surface area contributed by atoms with Crippen molar-refractivity contribution in [2.45, 2.75) is 26.8 Å². The largest absolute Gasteiger partial charge is 0.495 e. The van der Waals surface area contributed by atoms with E-state index < -0.39 is 18.5 Å². The van der Waals surface area contributed by atoms with Crippen LogP contribution in [0.2, 0.25) is 0 Å². The van der Waals surface area contributed by atoms with E-state index in [4.69, 9.17) is 9.47 Å². The van der Waals surface area contributed by atoms with Crippen molar-refractivity contribution < 1.29 is 19.1 Å². The molecule has 0 unspecified atom stereocenters. The van der Waals surface area contributed by atoms with E-state index >= 15 is 0 Å². The Bertz CT molecular complexity index is 860. The second-order valence-corrected chi connectivity index (χ2v) is 5.61. The summed E-state index contributed by atoms with van der Waals surface area (Å²) in [5.74, 6) is -0.783. The van der Waals surface area contributed by atoms with Crippen molar-refractivity contribution in [2.24, 2.45) is 0 Å². The molecule has 1 N–H and O–H groups in total. The van der Waals surface area contributed by atoms with Gasteiger partial charge in [-0.15, -0.1) is 0 Å². The van der Waals surface area contributed by atoms with Crippen LogP contribution in [0, 0.1) is 6.92 Å². The van der Waals surface area contributed by atoms with Gasteiger partial charge in [0.05, 0.1) is 12.8 Å². The highest BCUT2D eigenvalue weighted by atomic mass is 16.5. The van der Waals surface area contributed by atoms with E-state index in [9.17, 15) is 14.4 Å². The minimum atomic E-state index is -0.777. The molecule has 1 heterocycles. The van der Waals surface area contributed by atoms with Crippen LogP contribution in [-0.2, 0) is 16.1 Å². The molecule has 26 heavy (non-hydrogen) atoms. The molecule has 0 saturated carbocycles. The fraction of sp³-hybridized carbons (Fsp3) is 0.333. The second-order valence-electron chi connectivity index (χ2n) is 5.61. The molecule has 0 radical (unpaired) electrons. The third-order valence-electron chi connectivity index (χ3n) is 3.47. The third kappa shape index (κ3) is 4.92. The fourth-order valence-electron chi connectivity index (χ4n) is 2.24. The molecule has 0 saturated heterocycles. The number of esters is 1. The molecule has 1 aromatic carbocycles. The van der Waals surface area contributed by atoms with Crippen LogP contribution >= 0.6 is 0 Å². The van der Waals surface area contributed by atoms with Crippen molar-refractivity contribution in [3.8, 4) is 5.75 Å². The first-order valence-electron chi connectivity index (χ1n) is 8.14. The zero-order chi connectivity index (χ0) is 19.1. The van der Waals surface area contributed by atoms with E-state index in [1.54, 1.807) is 12.1 Å². The third-order valence-corrected chi connectivity index (χ3v) is 3.47. The van der Waals surface area contributed by atoms with E-state index in [-0.39, 0.29) is 11.3 Å². The summed E-state index contributed by atoms with van der Waals surface area (Å²) < 4.78 is 11.3.